The van der Waals surface area contributed by atoms with E-state index in [1.807, 2.05) is 12.1 Å². The van der Waals surface area contributed by atoms with Crippen LogP contribution < -0.4 is 4.74 Å². The smallest absolute Gasteiger partial charge is 0.212 e. The highest BCUT2D eigenvalue weighted by atomic mass is 79.9. The fourth-order valence-corrected chi connectivity index (χ4v) is 1.44. The van der Waals surface area contributed by atoms with Crippen molar-refractivity contribution < 1.29 is 4.74 Å². The zero-order valence-electron chi connectivity index (χ0n) is 8.67. The van der Waals surface area contributed by atoms with E-state index in [1.165, 1.54) is 4.80 Å². The van der Waals surface area contributed by atoms with Crippen LogP contribution in [0.3, 0.4) is 0 Å². The highest BCUT2D eigenvalue weighted by Gasteiger charge is 2.01. The van der Waals surface area contributed by atoms with E-state index in [0.717, 1.165) is 11.0 Å². The van der Waals surface area contributed by atoms with E-state index in [1.54, 1.807) is 13.2 Å². The second-order valence-electron chi connectivity index (χ2n) is 3.10. The molecular formula is C9H10BrN5O. The van der Waals surface area contributed by atoms with Crippen molar-refractivity contribution in [2.24, 2.45) is 7.05 Å². The fourth-order valence-electron chi connectivity index (χ4n) is 1.10. The molecular weight excluding hydrogens is 274 g/mol. The number of ether oxygens (including phenoxy) is 1. The normalized spacial score (nSPS) is 10.4. The summed E-state index contributed by atoms with van der Waals surface area (Å²) in [5.74, 6) is 1.24. The molecule has 0 saturated heterocycles. The summed E-state index contributed by atoms with van der Waals surface area (Å²) in [5.41, 5.74) is 0.963. The molecule has 0 aliphatic heterocycles. The molecule has 0 aromatic carbocycles. The average Bonchev–Trinajstić information content (AvgIpc) is 2.73. The van der Waals surface area contributed by atoms with Crippen molar-refractivity contribution in [3.05, 3.63) is 29.8 Å². The highest BCUT2D eigenvalue weighted by Crippen LogP contribution is 2.11. The zero-order chi connectivity index (χ0) is 11.4. The first-order valence-electron chi connectivity index (χ1n) is 4.64. The average molecular weight is 284 g/mol. The van der Waals surface area contributed by atoms with Crippen LogP contribution in [-0.2, 0) is 19.0 Å². The van der Waals surface area contributed by atoms with Crippen molar-refractivity contribution in [3.63, 3.8) is 0 Å². The van der Waals surface area contributed by atoms with Gasteiger partial charge in [0.2, 0.25) is 5.82 Å². The van der Waals surface area contributed by atoms with Gasteiger partial charge in [-0.2, -0.15) is 4.80 Å². The van der Waals surface area contributed by atoms with Crippen molar-refractivity contribution in [1.29, 1.82) is 0 Å². The molecule has 84 valence electrons. The number of hydrogen-bond acceptors (Lipinski definition) is 5. The minimum Gasteiger partial charge on any atom is -0.484 e. The van der Waals surface area contributed by atoms with Gasteiger partial charge in [0, 0.05) is 5.33 Å². The Morgan fingerprint density at radius 2 is 2.31 bits per heavy atom. The Hall–Kier alpha value is -1.50. The lowest BCUT2D eigenvalue weighted by Crippen LogP contribution is -1.99. The second kappa shape index (κ2) is 5.02. The summed E-state index contributed by atoms with van der Waals surface area (Å²) in [5, 5.41) is 12.3. The maximum absolute atomic E-state index is 5.45. The Kier molecular flexibility index (Phi) is 3.45. The first-order chi connectivity index (χ1) is 7.78. The Bertz CT molecular complexity index is 455. The van der Waals surface area contributed by atoms with Gasteiger partial charge in [-0.15, -0.1) is 10.2 Å². The van der Waals surface area contributed by atoms with Crippen LogP contribution in [0.5, 0.6) is 5.75 Å². The minimum atomic E-state index is 0.295. The number of tetrazole rings is 1. The van der Waals surface area contributed by atoms with Crippen molar-refractivity contribution in [2.75, 3.05) is 0 Å². The summed E-state index contributed by atoms with van der Waals surface area (Å²) in [6.07, 6.45) is 1.67. The molecule has 0 fully saturated rings. The van der Waals surface area contributed by atoms with E-state index < -0.39 is 0 Å². The molecule has 7 heteroatoms. The molecule has 0 spiro atoms. The van der Waals surface area contributed by atoms with E-state index in [9.17, 15) is 0 Å². The molecule has 0 aliphatic rings. The van der Waals surface area contributed by atoms with Gasteiger partial charge in [0.1, 0.15) is 5.75 Å². The molecule has 2 aromatic rings. The molecule has 2 rings (SSSR count). The Morgan fingerprint density at radius 3 is 2.88 bits per heavy atom. The Balaban J connectivity index is 1.94. The van der Waals surface area contributed by atoms with E-state index in [2.05, 4.69) is 36.3 Å². The number of rotatable bonds is 4. The maximum atomic E-state index is 5.45. The predicted octanol–water partition coefficient (Wildman–Crippen LogP) is 1.08. The number of pyridine rings is 1. The van der Waals surface area contributed by atoms with Gasteiger partial charge in [-0.1, -0.05) is 15.9 Å². The summed E-state index contributed by atoms with van der Waals surface area (Å²) in [7, 11) is 1.71. The van der Waals surface area contributed by atoms with Gasteiger partial charge in [-0.3, -0.25) is 4.98 Å². The summed E-state index contributed by atoms with van der Waals surface area (Å²) >= 11 is 3.33. The summed E-state index contributed by atoms with van der Waals surface area (Å²) in [4.78, 5) is 5.57. The first-order valence-corrected chi connectivity index (χ1v) is 5.76. The molecule has 16 heavy (non-hydrogen) atoms. The molecule has 0 aliphatic carbocycles. The van der Waals surface area contributed by atoms with Gasteiger partial charge in [0.15, 0.2) is 6.61 Å². The summed E-state index contributed by atoms with van der Waals surface area (Å²) < 4.78 is 5.45. The number of aryl methyl sites for hydroxylation is 1. The van der Waals surface area contributed by atoms with Gasteiger partial charge in [0.25, 0.3) is 0 Å². The molecule has 0 radical (unpaired) electrons. The summed E-state index contributed by atoms with van der Waals surface area (Å²) in [6, 6.07) is 3.76. The molecule has 0 unspecified atom stereocenters. The Labute approximate surface area is 101 Å². The van der Waals surface area contributed by atoms with E-state index in [-0.39, 0.29) is 0 Å². The number of nitrogens with zero attached hydrogens (tertiary/aromatic N) is 5. The molecule has 0 atom stereocenters. The van der Waals surface area contributed by atoms with Crippen LogP contribution in [0.4, 0.5) is 0 Å². The van der Waals surface area contributed by atoms with E-state index in [4.69, 9.17) is 4.74 Å². The van der Waals surface area contributed by atoms with Crippen LogP contribution in [0.25, 0.3) is 0 Å². The number of aromatic nitrogens is 5. The van der Waals surface area contributed by atoms with Gasteiger partial charge < -0.3 is 4.74 Å². The van der Waals surface area contributed by atoms with E-state index >= 15 is 0 Å². The molecule has 0 N–H and O–H groups in total. The largest absolute Gasteiger partial charge is 0.484 e. The van der Waals surface area contributed by atoms with Gasteiger partial charge >= 0.3 is 0 Å². The third kappa shape index (κ3) is 2.75. The standard InChI is InChI=1S/C9H10BrN5O/c1-15-13-9(12-14-15)6-16-8-3-2-7(4-10)11-5-8/h2-3,5H,4,6H2,1H3. The number of alkyl halides is 1. The molecule has 0 bridgehead atoms. The molecule has 0 amide bonds. The van der Waals surface area contributed by atoms with Gasteiger partial charge in [0.05, 0.1) is 18.9 Å². The fraction of sp³-hybridized carbons (Fsp3) is 0.333. The predicted molar refractivity (Wildman–Crippen MR) is 60.0 cm³/mol. The molecule has 6 nitrogen and oxygen atoms in total. The number of hydrogen-bond donors (Lipinski definition) is 0. The molecule has 0 saturated carbocycles. The second-order valence-corrected chi connectivity index (χ2v) is 3.66. The van der Waals surface area contributed by atoms with E-state index in [0.29, 0.717) is 18.2 Å². The van der Waals surface area contributed by atoms with Gasteiger partial charge in [-0.25, -0.2) is 0 Å². The molecule has 2 heterocycles. The van der Waals surface area contributed by atoms with Crippen LogP contribution in [0.1, 0.15) is 11.5 Å². The lowest BCUT2D eigenvalue weighted by molar-refractivity contribution is 0.294. The van der Waals surface area contributed by atoms with Crippen LogP contribution in [0.2, 0.25) is 0 Å². The van der Waals surface area contributed by atoms with Crippen molar-refractivity contribution in [3.8, 4) is 5.75 Å². The van der Waals surface area contributed by atoms with Crippen molar-refractivity contribution >= 4 is 15.9 Å². The highest BCUT2D eigenvalue weighted by molar-refractivity contribution is 9.08. The van der Waals surface area contributed by atoms with Crippen LogP contribution >= 0.6 is 15.9 Å². The molecule has 2 aromatic heterocycles. The number of halogens is 1. The minimum absolute atomic E-state index is 0.295. The van der Waals surface area contributed by atoms with Gasteiger partial charge in [-0.05, 0) is 17.3 Å². The van der Waals surface area contributed by atoms with Crippen LogP contribution in [0, 0.1) is 0 Å². The Morgan fingerprint density at radius 1 is 1.44 bits per heavy atom. The third-order valence-corrected chi connectivity index (χ3v) is 2.43. The monoisotopic (exact) mass is 283 g/mol. The van der Waals surface area contributed by atoms with Crippen molar-refractivity contribution in [1.82, 2.24) is 25.2 Å². The van der Waals surface area contributed by atoms with Crippen LogP contribution in [0.15, 0.2) is 18.3 Å². The topological polar surface area (TPSA) is 65.7 Å². The third-order valence-electron chi connectivity index (χ3n) is 1.85. The zero-order valence-corrected chi connectivity index (χ0v) is 10.3. The lowest BCUT2D eigenvalue weighted by Gasteiger charge is -2.02. The SMILES string of the molecule is Cn1nnc(COc2ccc(CBr)nc2)n1. The first kappa shape index (κ1) is 11.0. The lowest BCUT2D eigenvalue weighted by atomic mass is 10.4. The summed E-state index contributed by atoms with van der Waals surface area (Å²) in [6.45, 7) is 0.295. The quantitative estimate of drug-likeness (QED) is 0.786. The van der Waals surface area contributed by atoms with Crippen LogP contribution in [-0.4, -0.2) is 25.2 Å². The van der Waals surface area contributed by atoms with Crippen molar-refractivity contribution in [2.45, 2.75) is 11.9 Å². The maximum Gasteiger partial charge on any atom is 0.212 e.